The summed E-state index contributed by atoms with van der Waals surface area (Å²) < 4.78 is 25.2. The van der Waals surface area contributed by atoms with Crippen LogP contribution in [0.4, 0.5) is 9.80 Å². The van der Waals surface area contributed by atoms with Gasteiger partial charge >= 0.3 is 0 Å². The van der Waals surface area contributed by atoms with Gasteiger partial charge in [-0.1, -0.05) is 66.6 Å². The van der Waals surface area contributed by atoms with Gasteiger partial charge < -0.3 is 23.8 Å². The largest absolute Gasteiger partial charge is 0.394 e. The Bertz CT molecular complexity index is 2210. The van der Waals surface area contributed by atoms with E-state index in [1.807, 2.05) is 67.6 Å². The van der Waals surface area contributed by atoms with Gasteiger partial charge in [-0.15, -0.1) is 0 Å². The van der Waals surface area contributed by atoms with E-state index in [1.54, 1.807) is 29.0 Å². The maximum Gasteiger partial charge on any atom is 0.279 e. The molecule has 0 aliphatic carbocycles. The number of halogens is 1. The van der Waals surface area contributed by atoms with Gasteiger partial charge in [-0.3, -0.25) is 19.5 Å². The van der Waals surface area contributed by atoms with Gasteiger partial charge in [0.1, 0.15) is 0 Å². The summed E-state index contributed by atoms with van der Waals surface area (Å²) in [6.07, 6.45) is 5.52. The van der Waals surface area contributed by atoms with Crippen LogP contribution >= 0.6 is 0 Å². The number of aromatic nitrogens is 2. The molecule has 0 saturated carbocycles. The van der Waals surface area contributed by atoms with Crippen molar-refractivity contribution in [3.05, 3.63) is 117 Å². The Morgan fingerprint density at radius 1 is 1.04 bits per heavy atom. The van der Waals surface area contributed by atoms with Gasteiger partial charge in [0.25, 0.3) is 11.5 Å². The number of fused-ring (bicyclic) bond motifs is 4. The average Bonchev–Trinajstić information content (AvgIpc) is 3.72. The number of hydrogen-bond donors (Lipinski definition) is 2. The standard InChI is InChI=1S/C43H51FN4O5Si/c1-27(2)12-11-13-28(3)20-21-46-37-19-18-32(48-41(51)34-16-9-10-17-36(34)45-48)23-35(37)43(42(46)52)29(4)40(54(5,6)44)38(53-43)24-39(50)47-25-31-15-8-7-14-30(31)22-33(47)26-49/h7-10,12,14-20,23,29,33,38,40,45,49H,11,13,21-22,24-26H2,1-6H3/b28-20+/t29-,33+,38+,40-,43+/m1/s1. The van der Waals surface area contributed by atoms with Crippen LogP contribution in [0.5, 0.6) is 0 Å². The van der Waals surface area contributed by atoms with Crippen molar-refractivity contribution >= 4 is 36.8 Å². The highest BCUT2D eigenvalue weighted by Crippen LogP contribution is 2.60. The number of nitrogens with one attached hydrogen (secondary N) is 1. The Kier molecular flexibility index (Phi) is 10.2. The summed E-state index contributed by atoms with van der Waals surface area (Å²) in [4.78, 5) is 46.3. The van der Waals surface area contributed by atoms with Crippen LogP contribution in [0.2, 0.25) is 18.6 Å². The van der Waals surface area contributed by atoms with E-state index in [4.69, 9.17) is 4.74 Å². The molecule has 0 unspecified atom stereocenters. The fourth-order valence-corrected chi connectivity index (χ4v) is 11.6. The summed E-state index contributed by atoms with van der Waals surface area (Å²) in [6.45, 7) is 11.8. The first kappa shape index (κ1) is 37.7. The number of allylic oxidation sites excluding steroid dienone is 3. The monoisotopic (exact) mass is 750 g/mol. The van der Waals surface area contributed by atoms with Crippen LogP contribution in [0.3, 0.4) is 0 Å². The fourth-order valence-electron chi connectivity index (χ4n) is 9.07. The van der Waals surface area contributed by atoms with Gasteiger partial charge in [-0.2, -0.15) is 0 Å². The van der Waals surface area contributed by atoms with E-state index in [0.29, 0.717) is 47.4 Å². The third-order valence-corrected chi connectivity index (χ3v) is 14.2. The van der Waals surface area contributed by atoms with E-state index in [2.05, 4.69) is 38.0 Å². The number of carbonyl (C=O) groups excluding carboxylic acids is 2. The second kappa shape index (κ2) is 14.6. The highest BCUT2D eigenvalue weighted by molar-refractivity contribution is 6.72. The molecule has 2 amide bonds. The predicted octanol–water partition coefficient (Wildman–Crippen LogP) is 7.47. The van der Waals surface area contributed by atoms with Gasteiger partial charge in [-0.25, -0.2) is 4.68 Å². The second-order valence-electron chi connectivity index (χ2n) is 16.1. The van der Waals surface area contributed by atoms with Crippen molar-refractivity contribution in [3.63, 3.8) is 0 Å². The lowest BCUT2D eigenvalue weighted by Crippen LogP contribution is -2.48. The molecule has 2 N–H and O–H groups in total. The molecule has 4 aromatic rings. The summed E-state index contributed by atoms with van der Waals surface area (Å²) in [5.41, 5.74) is 4.43. The Balaban J connectivity index is 1.29. The van der Waals surface area contributed by atoms with Crippen molar-refractivity contribution in [2.45, 2.75) is 96.3 Å². The van der Waals surface area contributed by atoms with Crippen LogP contribution in [-0.2, 0) is 32.9 Å². The van der Waals surface area contributed by atoms with E-state index in [-0.39, 0.29) is 30.4 Å². The molecule has 3 aromatic carbocycles. The van der Waals surface area contributed by atoms with Crippen LogP contribution < -0.4 is 10.5 Å². The van der Waals surface area contributed by atoms with Crippen molar-refractivity contribution in [3.8, 4) is 5.69 Å². The number of para-hydroxylation sites is 1. The van der Waals surface area contributed by atoms with Gasteiger partial charge in [0.05, 0.1) is 47.5 Å². The van der Waals surface area contributed by atoms with Crippen LogP contribution in [0, 0.1) is 5.92 Å². The lowest BCUT2D eigenvalue weighted by atomic mass is 9.82. The molecular formula is C43H51FN4O5Si. The number of aromatic amines is 1. The number of rotatable bonds is 10. The average molecular weight is 751 g/mol. The first-order valence-electron chi connectivity index (χ1n) is 19.0. The molecule has 1 aromatic heterocycles. The minimum atomic E-state index is -3.58. The van der Waals surface area contributed by atoms with Crippen molar-refractivity contribution in [2.24, 2.45) is 5.92 Å². The normalized spacial score (nSPS) is 24.0. The maximum atomic E-state index is 16.7. The number of aliphatic hydroxyl groups is 1. The summed E-state index contributed by atoms with van der Waals surface area (Å²) in [5.74, 6) is -1.15. The van der Waals surface area contributed by atoms with Crippen LogP contribution in [0.1, 0.15) is 63.6 Å². The number of anilines is 1. The highest BCUT2D eigenvalue weighted by Gasteiger charge is 2.67. The molecule has 5 atom stereocenters. The number of aliphatic hydroxyl groups excluding tert-OH is 1. The molecule has 1 saturated heterocycles. The van der Waals surface area contributed by atoms with Crippen molar-refractivity contribution in [1.82, 2.24) is 14.7 Å². The lowest BCUT2D eigenvalue weighted by Gasteiger charge is -2.37. The molecule has 4 heterocycles. The third-order valence-electron chi connectivity index (χ3n) is 11.8. The quantitative estimate of drug-likeness (QED) is 0.0994. The minimum absolute atomic E-state index is 0.122. The Hall–Kier alpha value is -4.58. The van der Waals surface area contributed by atoms with E-state index in [0.717, 1.165) is 29.5 Å². The molecule has 0 bridgehead atoms. The van der Waals surface area contributed by atoms with Crippen LogP contribution in [0.25, 0.3) is 16.6 Å². The lowest BCUT2D eigenvalue weighted by molar-refractivity contribution is -0.150. The zero-order valence-electron chi connectivity index (χ0n) is 32.1. The first-order chi connectivity index (χ1) is 25.7. The highest BCUT2D eigenvalue weighted by atomic mass is 28.4. The Morgan fingerprint density at radius 3 is 2.46 bits per heavy atom. The SMILES string of the molecule is CC(C)=CCC/C(C)=C/CN1C(=O)[C@@]2(O[C@@H](CC(=O)N3Cc4ccccc4C[C@H]3CO)[C@H]([Si](C)(C)F)[C@H]2C)c2cc(-n3[nH]c4ccccc4c3=O)ccc21. The fraction of sp³-hybridized carbons (Fsp3) is 0.419. The van der Waals surface area contributed by atoms with E-state index in [1.165, 1.54) is 10.3 Å². The summed E-state index contributed by atoms with van der Waals surface area (Å²) in [5, 5.41) is 14.1. The molecular weight excluding hydrogens is 700 g/mol. The van der Waals surface area contributed by atoms with Crippen molar-refractivity contribution < 1.29 is 23.5 Å². The summed E-state index contributed by atoms with van der Waals surface area (Å²) in [6, 6.07) is 20.2. The summed E-state index contributed by atoms with van der Waals surface area (Å²) in [7, 11) is -3.58. The minimum Gasteiger partial charge on any atom is -0.394 e. The molecule has 1 spiro atoms. The van der Waals surface area contributed by atoms with Crippen LogP contribution in [-0.4, -0.2) is 65.3 Å². The molecule has 3 aliphatic heterocycles. The van der Waals surface area contributed by atoms with Gasteiger partial charge in [0.15, 0.2) is 5.60 Å². The summed E-state index contributed by atoms with van der Waals surface area (Å²) >= 11 is 0. The predicted molar refractivity (Wildman–Crippen MR) is 213 cm³/mol. The van der Waals surface area contributed by atoms with Gasteiger partial charge in [-0.05, 0) is 94.6 Å². The number of carbonyl (C=O) groups is 2. The van der Waals surface area contributed by atoms with E-state index >= 15 is 8.90 Å². The molecule has 11 heteroatoms. The number of H-pyrrole nitrogens is 1. The molecule has 0 radical (unpaired) electrons. The number of nitrogens with zero attached hydrogens (tertiary/aromatic N) is 3. The van der Waals surface area contributed by atoms with Crippen molar-refractivity contribution in [2.75, 3.05) is 18.1 Å². The molecule has 3 aliphatic rings. The molecule has 284 valence electrons. The van der Waals surface area contributed by atoms with E-state index in [9.17, 15) is 14.7 Å². The molecule has 7 rings (SSSR count). The van der Waals surface area contributed by atoms with Crippen LogP contribution in [0.15, 0.2) is 94.8 Å². The van der Waals surface area contributed by atoms with Gasteiger partial charge in [0.2, 0.25) is 14.3 Å². The zero-order chi connectivity index (χ0) is 38.5. The van der Waals surface area contributed by atoms with E-state index < -0.39 is 37.6 Å². The first-order valence-corrected chi connectivity index (χ1v) is 22.0. The number of hydrogen-bond acceptors (Lipinski definition) is 5. The molecule has 54 heavy (non-hydrogen) atoms. The topological polar surface area (TPSA) is 108 Å². The molecule has 1 fully saturated rings. The molecule has 9 nitrogen and oxygen atoms in total. The number of ether oxygens (including phenoxy) is 1. The smallest absolute Gasteiger partial charge is 0.279 e. The van der Waals surface area contributed by atoms with Gasteiger partial charge in [0, 0.05) is 30.1 Å². The maximum absolute atomic E-state index is 16.7. The third kappa shape index (κ3) is 6.60. The Labute approximate surface area is 317 Å². The second-order valence-corrected chi connectivity index (χ2v) is 19.9. The zero-order valence-corrected chi connectivity index (χ0v) is 33.1. The number of benzene rings is 3. The number of amides is 2. The van der Waals surface area contributed by atoms with Crippen molar-refractivity contribution in [1.29, 1.82) is 0 Å². The Morgan fingerprint density at radius 2 is 1.76 bits per heavy atom.